The highest BCUT2D eigenvalue weighted by Crippen LogP contribution is 2.31. The van der Waals surface area contributed by atoms with E-state index in [1.54, 1.807) is 15.9 Å². The lowest BCUT2D eigenvalue weighted by Crippen LogP contribution is -2.40. The van der Waals surface area contributed by atoms with E-state index in [0.29, 0.717) is 11.2 Å². The Morgan fingerprint density at radius 1 is 1.22 bits per heavy atom. The van der Waals surface area contributed by atoms with Crippen molar-refractivity contribution in [2.75, 3.05) is 0 Å². The quantitative estimate of drug-likeness (QED) is 0.582. The molecule has 0 radical (unpaired) electrons. The van der Waals surface area contributed by atoms with E-state index >= 15 is 0 Å². The number of amides is 1. The Bertz CT molecular complexity index is 895. The van der Waals surface area contributed by atoms with Gasteiger partial charge in [-0.2, -0.15) is 0 Å². The fourth-order valence-corrected chi connectivity index (χ4v) is 5.72. The summed E-state index contributed by atoms with van der Waals surface area (Å²) in [6.07, 6.45) is 5.78. The van der Waals surface area contributed by atoms with Gasteiger partial charge in [-0.1, -0.05) is 31.0 Å². The fourth-order valence-electron chi connectivity index (χ4n) is 3.60. The molecular weight excluding hydrogens is 378 g/mol. The molecule has 27 heavy (non-hydrogen) atoms. The van der Waals surface area contributed by atoms with Gasteiger partial charge in [-0.05, 0) is 53.0 Å². The van der Waals surface area contributed by atoms with E-state index in [1.807, 2.05) is 34.6 Å². The maximum Gasteiger partial charge on any atom is 0.263 e. The molecule has 2 heterocycles. The number of hydrogen-bond acceptors (Lipinski definition) is 5. The van der Waals surface area contributed by atoms with Gasteiger partial charge in [0.2, 0.25) is 5.91 Å². The smallest absolute Gasteiger partial charge is 0.263 e. The molecule has 5 nitrogen and oxygen atoms in total. The van der Waals surface area contributed by atoms with E-state index in [9.17, 15) is 9.59 Å². The molecule has 148 valence electrons. The number of hydrogen-bond donors (Lipinski definition) is 1. The van der Waals surface area contributed by atoms with Gasteiger partial charge < -0.3 is 5.32 Å². The molecule has 2 aromatic heterocycles. The highest BCUT2D eigenvalue weighted by Gasteiger charge is 2.24. The monoisotopic (exact) mass is 407 g/mol. The second-order valence-corrected chi connectivity index (χ2v) is 10.2. The maximum atomic E-state index is 13.1. The summed E-state index contributed by atoms with van der Waals surface area (Å²) in [5.74, 6) is 0.0371. The molecule has 0 aliphatic heterocycles. The first-order chi connectivity index (χ1) is 12.8. The van der Waals surface area contributed by atoms with E-state index in [2.05, 4.69) is 5.32 Å². The molecule has 1 aliphatic rings. The standard InChI is InChI=1S/C20H29N3O2S2/c1-11(2)23-19(25)16-12(3)13(4)26-18(16)22-20(23)27-14(5)17(24)21-15-9-7-6-8-10-15/h11,14-15H,6-10H2,1-5H3,(H,21,24). The number of aromatic nitrogens is 2. The van der Waals surface area contributed by atoms with Crippen molar-refractivity contribution < 1.29 is 4.79 Å². The van der Waals surface area contributed by atoms with Crippen LogP contribution in [0.15, 0.2) is 9.95 Å². The van der Waals surface area contributed by atoms with Crippen molar-refractivity contribution in [2.24, 2.45) is 0 Å². The normalized spacial score (nSPS) is 16.8. The van der Waals surface area contributed by atoms with E-state index in [0.717, 1.165) is 33.5 Å². The van der Waals surface area contributed by atoms with Crippen LogP contribution in [0, 0.1) is 13.8 Å². The number of carbonyl (C=O) groups is 1. The molecule has 0 aromatic carbocycles. The largest absolute Gasteiger partial charge is 0.352 e. The number of thioether (sulfide) groups is 1. The SMILES string of the molecule is Cc1sc2nc(SC(C)C(=O)NC3CCCCC3)n(C(C)C)c(=O)c2c1C. The van der Waals surface area contributed by atoms with Crippen LogP contribution in [-0.2, 0) is 4.79 Å². The number of nitrogens with one attached hydrogen (secondary N) is 1. The van der Waals surface area contributed by atoms with Crippen LogP contribution in [0.4, 0.5) is 0 Å². The van der Waals surface area contributed by atoms with Gasteiger partial charge in [0.05, 0.1) is 10.6 Å². The Kier molecular flexibility index (Phi) is 6.31. The molecule has 3 rings (SSSR count). The number of nitrogens with zero attached hydrogens (tertiary/aromatic N) is 2. The van der Waals surface area contributed by atoms with Crippen molar-refractivity contribution in [3.05, 3.63) is 20.8 Å². The first-order valence-electron chi connectivity index (χ1n) is 9.78. The highest BCUT2D eigenvalue weighted by molar-refractivity contribution is 8.00. The van der Waals surface area contributed by atoms with Crippen molar-refractivity contribution in [3.63, 3.8) is 0 Å². The van der Waals surface area contributed by atoms with Crippen molar-refractivity contribution in [2.45, 2.75) is 89.2 Å². The molecule has 2 aromatic rings. The van der Waals surface area contributed by atoms with Crippen molar-refractivity contribution in [1.29, 1.82) is 0 Å². The van der Waals surface area contributed by atoms with E-state index in [1.165, 1.54) is 31.0 Å². The predicted octanol–water partition coefficient (Wildman–Crippen LogP) is 4.59. The first kappa shape index (κ1) is 20.4. The molecule has 1 aliphatic carbocycles. The van der Waals surface area contributed by atoms with Crippen LogP contribution in [0.3, 0.4) is 0 Å². The summed E-state index contributed by atoms with van der Waals surface area (Å²) in [5, 5.41) is 4.24. The summed E-state index contributed by atoms with van der Waals surface area (Å²) in [4.78, 5) is 32.4. The third kappa shape index (κ3) is 4.24. The Hall–Kier alpha value is -1.34. The van der Waals surface area contributed by atoms with E-state index in [-0.39, 0.29) is 22.8 Å². The number of thiophene rings is 1. The minimum atomic E-state index is -0.288. The van der Waals surface area contributed by atoms with Gasteiger partial charge in [0.25, 0.3) is 5.56 Å². The van der Waals surface area contributed by atoms with E-state index in [4.69, 9.17) is 4.98 Å². The van der Waals surface area contributed by atoms with Crippen LogP contribution in [0.25, 0.3) is 10.2 Å². The lowest BCUT2D eigenvalue weighted by atomic mass is 9.95. The van der Waals surface area contributed by atoms with Crippen LogP contribution in [0.1, 0.15) is 69.4 Å². The predicted molar refractivity (Wildman–Crippen MR) is 114 cm³/mol. The second kappa shape index (κ2) is 8.35. The molecule has 1 atom stereocenters. The topological polar surface area (TPSA) is 64.0 Å². The second-order valence-electron chi connectivity index (χ2n) is 7.73. The molecule has 1 fully saturated rings. The highest BCUT2D eigenvalue weighted by atomic mass is 32.2. The van der Waals surface area contributed by atoms with Crippen LogP contribution in [-0.4, -0.2) is 26.8 Å². The zero-order valence-electron chi connectivity index (χ0n) is 16.8. The van der Waals surface area contributed by atoms with Crippen LogP contribution in [0.5, 0.6) is 0 Å². The number of aryl methyl sites for hydroxylation is 2. The molecule has 1 unspecified atom stereocenters. The van der Waals surface area contributed by atoms with Gasteiger partial charge in [-0.25, -0.2) is 4.98 Å². The lowest BCUT2D eigenvalue weighted by Gasteiger charge is -2.24. The average Bonchev–Trinajstić information content (AvgIpc) is 2.89. The molecule has 1 N–H and O–H groups in total. The molecule has 0 saturated heterocycles. The summed E-state index contributed by atoms with van der Waals surface area (Å²) in [7, 11) is 0. The minimum Gasteiger partial charge on any atom is -0.352 e. The summed E-state index contributed by atoms with van der Waals surface area (Å²) in [6.45, 7) is 9.87. The summed E-state index contributed by atoms with van der Waals surface area (Å²) < 4.78 is 1.73. The van der Waals surface area contributed by atoms with Gasteiger partial charge in [0.15, 0.2) is 5.16 Å². The van der Waals surface area contributed by atoms with Crippen LogP contribution in [0.2, 0.25) is 0 Å². The third-order valence-electron chi connectivity index (χ3n) is 5.32. The summed E-state index contributed by atoms with van der Waals surface area (Å²) in [5.41, 5.74) is 1.01. The Morgan fingerprint density at radius 2 is 1.89 bits per heavy atom. The van der Waals surface area contributed by atoms with Gasteiger partial charge in [-0.15, -0.1) is 11.3 Å². The van der Waals surface area contributed by atoms with Gasteiger partial charge in [0, 0.05) is 17.0 Å². The molecule has 0 spiro atoms. The lowest BCUT2D eigenvalue weighted by molar-refractivity contribution is -0.121. The Balaban J connectivity index is 1.87. The van der Waals surface area contributed by atoms with Gasteiger partial charge >= 0.3 is 0 Å². The van der Waals surface area contributed by atoms with Crippen molar-refractivity contribution in [3.8, 4) is 0 Å². The fraction of sp³-hybridized carbons (Fsp3) is 0.650. The van der Waals surface area contributed by atoms with E-state index < -0.39 is 0 Å². The molecule has 1 saturated carbocycles. The van der Waals surface area contributed by atoms with Gasteiger partial charge in [-0.3, -0.25) is 14.2 Å². The zero-order chi connectivity index (χ0) is 19.7. The number of rotatable bonds is 5. The van der Waals surface area contributed by atoms with Crippen molar-refractivity contribution >= 4 is 39.2 Å². The minimum absolute atomic E-state index is 0.000705. The summed E-state index contributed by atoms with van der Waals surface area (Å²) in [6, 6.07) is 0.282. The molecule has 7 heteroatoms. The number of carbonyl (C=O) groups excluding carboxylic acids is 1. The first-order valence-corrected chi connectivity index (χ1v) is 11.5. The maximum absolute atomic E-state index is 13.1. The average molecular weight is 408 g/mol. The Labute approximate surface area is 169 Å². The third-order valence-corrected chi connectivity index (χ3v) is 7.49. The van der Waals surface area contributed by atoms with Crippen LogP contribution >= 0.6 is 23.1 Å². The summed E-state index contributed by atoms with van der Waals surface area (Å²) >= 11 is 2.94. The van der Waals surface area contributed by atoms with Gasteiger partial charge in [0.1, 0.15) is 4.83 Å². The zero-order valence-corrected chi connectivity index (χ0v) is 18.4. The Morgan fingerprint density at radius 3 is 2.52 bits per heavy atom. The molecule has 1 amide bonds. The molecular formula is C20H29N3O2S2. The number of fused-ring (bicyclic) bond motifs is 1. The molecule has 0 bridgehead atoms. The van der Waals surface area contributed by atoms with Crippen molar-refractivity contribution in [1.82, 2.24) is 14.9 Å². The van der Waals surface area contributed by atoms with Crippen LogP contribution < -0.4 is 10.9 Å².